The molecule has 0 saturated carbocycles. The van der Waals surface area contributed by atoms with E-state index in [1.54, 1.807) is 12.3 Å². The van der Waals surface area contributed by atoms with Crippen molar-refractivity contribution in [3.8, 4) is 0 Å². The lowest BCUT2D eigenvalue weighted by Gasteiger charge is -2.10. The topological polar surface area (TPSA) is 45.1 Å². The lowest BCUT2D eigenvalue weighted by atomic mass is 10.4. The lowest BCUT2D eigenvalue weighted by Crippen LogP contribution is -2.28. The molecule has 0 aliphatic heterocycles. The molecule has 0 aromatic carbocycles. The van der Waals surface area contributed by atoms with Gasteiger partial charge in [0.1, 0.15) is 0 Å². The second kappa shape index (κ2) is 7.90. The van der Waals surface area contributed by atoms with E-state index in [9.17, 15) is 5.11 Å². The van der Waals surface area contributed by atoms with Crippen molar-refractivity contribution < 1.29 is 5.11 Å². The van der Waals surface area contributed by atoms with Crippen molar-refractivity contribution in [3.63, 3.8) is 0 Å². The maximum Gasteiger partial charge on any atom is 0.0961 e. The molecule has 1 aromatic rings. The number of hydrogen-bond donors (Lipinski definition) is 2. The summed E-state index contributed by atoms with van der Waals surface area (Å²) in [5, 5.41) is 14.4. The van der Waals surface area contributed by atoms with Crippen molar-refractivity contribution in [1.29, 1.82) is 0 Å². The normalized spacial score (nSPS) is 12.7. The van der Waals surface area contributed by atoms with Gasteiger partial charge in [-0.05, 0) is 25.1 Å². The minimum atomic E-state index is -0.339. The molecule has 0 bridgehead atoms. The minimum absolute atomic E-state index is 0.339. The molecule has 0 spiro atoms. The minimum Gasteiger partial charge on any atom is -0.391 e. The Bertz CT molecular complexity index is 295. The average Bonchev–Trinajstić information content (AvgIpc) is 2.29. The molecule has 3 nitrogen and oxygen atoms in total. The van der Waals surface area contributed by atoms with Crippen molar-refractivity contribution in [2.45, 2.75) is 24.5 Å². The number of aliphatic hydroxyl groups is 1. The fourth-order valence-electron chi connectivity index (χ4n) is 1.13. The molecule has 1 unspecified atom stereocenters. The predicted octanol–water partition coefficient (Wildman–Crippen LogP) is 2.19. The van der Waals surface area contributed by atoms with Gasteiger partial charge in [0.05, 0.1) is 16.2 Å². The quantitative estimate of drug-likeness (QED) is 0.583. The molecule has 0 radical (unpaired) electrons. The summed E-state index contributed by atoms with van der Waals surface area (Å²) < 4.78 is 0. The number of halogens is 1. The highest BCUT2D eigenvalue weighted by Crippen LogP contribution is 2.17. The van der Waals surface area contributed by atoms with Gasteiger partial charge >= 0.3 is 0 Å². The maximum atomic E-state index is 9.65. The highest BCUT2D eigenvalue weighted by Gasteiger charge is 2.04. The Morgan fingerprint density at radius 1 is 1.56 bits per heavy atom. The molecule has 0 aliphatic carbocycles. The molecule has 1 atom stereocenters. The summed E-state index contributed by atoms with van der Waals surface area (Å²) in [6, 6.07) is 3.66. The first-order valence-electron chi connectivity index (χ1n) is 5.35. The summed E-state index contributed by atoms with van der Waals surface area (Å²) in [6.07, 6.45) is 2.36. The summed E-state index contributed by atoms with van der Waals surface area (Å²) in [4.78, 5) is 4.15. The monoisotopic (exact) mass is 260 g/mol. The highest BCUT2D eigenvalue weighted by molar-refractivity contribution is 7.99. The van der Waals surface area contributed by atoms with Crippen LogP contribution in [0.2, 0.25) is 5.02 Å². The molecule has 5 heteroatoms. The third-order valence-electron chi connectivity index (χ3n) is 1.93. The van der Waals surface area contributed by atoms with Gasteiger partial charge in [0.2, 0.25) is 0 Å². The van der Waals surface area contributed by atoms with Crippen LogP contribution in [0.4, 0.5) is 0 Å². The van der Waals surface area contributed by atoms with E-state index in [4.69, 9.17) is 11.6 Å². The molecule has 0 fully saturated rings. The first kappa shape index (κ1) is 13.8. The molecule has 0 amide bonds. The van der Waals surface area contributed by atoms with Crippen molar-refractivity contribution in [2.24, 2.45) is 0 Å². The Hall–Kier alpha value is -0.290. The van der Waals surface area contributed by atoms with Gasteiger partial charge in [0.25, 0.3) is 0 Å². The Kier molecular flexibility index (Phi) is 6.80. The fraction of sp³-hybridized carbons (Fsp3) is 0.545. The number of nitrogens with one attached hydrogen (secondary N) is 1. The summed E-state index contributed by atoms with van der Waals surface area (Å²) in [5.74, 6) is 0.644. The molecular weight excluding hydrogens is 244 g/mol. The van der Waals surface area contributed by atoms with Crippen LogP contribution in [0.25, 0.3) is 0 Å². The fourth-order valence-corrected chi connectivity index (χ4v) is 2.02. The number of rotatable bonds is 7. The van der Waals surface area contributed by atoms with Crippen LogP contribution >= 0.6 is 23.4 Å². The number of aliphatic hydroxyl groups excluding tert-OH is 1. The van der Waals surface area contributed by atoms with Gasteiger partial charge in [0.15, 0.2) is 0 Å². The van der Waals surface area contributed by atoms with Crippen LogP contribution in [0.15, 0.2) is 23.4 Å². The van der Waals surface area contributed by atoms with E-state index >= 15 is 0 Å². The number of thioether (sulfide) groups is 1. The molecule has 90 valence electrons. The van der Waals surface area contributed by atoms with E-state index in [0.29, 0.717) is 17.3 Å². The van der Waals surface area contributed by atoms with E-state index in [2.05, 4.69) is 17.2 Å². The van der Waals surface area contributed by atoms with E-state index in [0.717, 1.165) is 18.0 Å². The lowest BCUT2D eigenvalue weighted by molar-refractivity contribution is 0.196. The molecule has 1 heterocycles. The van der Waals surface area contributed by atoms with Gasteiger partial charge in [-0.15, -0.1) is 11.8 Å². The van der Waals surface area contributed by atoms with E-state index < -0.39 is 0 Å². The zero-order valence-electron chi connectivity index (χ0n) is 9.32. The zero-order chi connectivity index (χ0) is 11.8. The smallest absolute Gasteiger partial charge is 0.0961 e. The van der Waals surface area contributed by atoms with Crippen LogP contribution in [0.3, 0.4) is 0 Å². The van der Waals surface area contributed by atoms with Crippen LogP contribution in [-0.2, 0) is 0 Å². The van der Waals surface area contributed by atoms with Gasteiger partial charge in [-0.25, -0.2) is 4.98 Å². The molecule has 16 heavy (non-hydrogen) atoms. The van der Waals surface area contributed by atoms with Crippen LogP contribution in [0, 0.1) is 0 Å². The third-order valence-corrected chi connectivity index (χ3v) is 3.24. The number of nitrogens with zero attached hydrogens (tertiary/aromatic N) is 1. The van der Waals surface area contributed by atoms with Crippen LogP contribution in [-0.4, -0.2) is 35.0 Å². The summed E-state index contributed by atoms with van der Waals surface area (Å²) in [6.45, 7) is 3.68. The second-order valence-corrected chi connectivity index (χ2v) is 4.96. The first-order chi connectivity index (χ1) is 7.72. The first-order valence-corrected chi connectivity index (χ1v) is 6.72. The van der Waals surface area contributed by atoms with Crippen LogP contribution in [0.5, 0.6) is 0 Å². The molecule has 0 aliphatic rings. The van der Waals surface area contributed by atoms with Crippen molar-refractivity contribution in [2.75, 3.05) is 18.8 Å². The average molecular weight is 261 g/mol. The van der Waals surface area contributed by atoms with Gasteiger partial charge in [-0.1, -0.05) is 18.5 Å². The van der Waals surface area contributed by atoms with Crippen LogP contribution in [0.1, 0.15) is 13.3 Å². The van der Waals surface area contributed by atoms with Gasteiger partial charge in [-0.2, -0.15) is 0 Å². The Morgan fingerprint density at radius 3 is 3.00 bits per heavy atom. The summed E-state index contributed by atoms with van der Waals surface area (Å²) >= 11 is 7.26. The van der Waals surface area contributed by atoms with Gasteiger partial charge < -0.3 is 10.4 Å². The standard InChI is InChI=1S/C11H17ClN2OS/c1-2-5-13-7-10(15)8-16-11-4-3-9(12)6-14-11/h3-4,6,10,13,15H,2,5,7-8H2,1H3. The molecule has 2 N–H and O–H groups in total. The van der Waals surface area contributed by atoms with Crippen LogP contribution < -0.4 is 5.32 Å². The maximum absolute atomic E-state index is 9.65. The SMILES string of the molecule is CCCNCC(O)CSc1ccc(Cl)cn1. The molecule has 1 aromatic heterocycles. The third kappa shape index (κ3) is 5.70. The molecule has 1 rings (SSSR count). The van der Waals surface area contributed by atoms with Crippen molar-refractivity contribution in [3.05, 3.63) is 23.4 Å². The second-order valence-electron chi connectivity index (χ2n) is 3.48. The molecule has 0 saturated heterocycles. The largest absolute Gasteiger partial charge is 0.391 e. The number of aromatic nitrogens is 1. The van der Waals surface area contributed by atoms with Crippen molar-refractivity contribution in [1.82, 2.24) is 10.3 Å². The summed E-state index contributed by atoms with van der Waals surface area (Å²) in [7, 11) is 0. The summed E-state index contributed by atoms with van der Waals surface area (Å²) in [5.41, 5.74) is 0. The van der Waals surface area contributed by atoms with E-state index in [-0.39, 0.29) is 6.10 Å². The van der Waals surface area contributed by atoms with Crippen molar-refractivity contribution >= 4 is 23.4 Å². The molecular formula is C11H17ClN2OS. The highest BCUT2D eigenvalue weighted by atomic mass is 35.5. The Balaban J connectivity index is 2.20. The Labute approximate surface area is 106 Å². The number of pyridine rings is 1. The Morgan fingerprint density at radius 2 is 2.38 bits per heavy atom. The van der Waals surface area contributed by atoms with Gasteiger partial charge in [0, 0.05) is 18.5 Å². The van der Waals surface area contributed by atoms with E-state index in [1.807, 2.05) is 6.07 Å². The van der Waals surface area contributed by atoms with Gasteiger partial charge in [-0.3, -0.25) is 0 Å². The predicted molar refractivity (Wildman–Crippen MR) is 69.1 cm³/mol. The van der Waals surface area contributed by atoms with E-state index in [1.165, 1.54) is 11.8 Å². The number of hydrogen-bond acceptors (Lipinski definition) is 4. The zero-order valence-corrected chi connectivity index (χ0v) is 10.9.